The molecule has 1 atom stereocenters. The summed E-state index contributed by atoms with van der Waals surface area (Å²) in [5, 5.41) is 5.57. The predicted octanol–water partition coefficient (Wildman–Crippen LogP) is 2.21. The predicted molar refractivity (Wildman–Crippen MR) is 117 cm³/mol. The van der Waals surface area contributed by atoms with E-state index in [4.69, 9.17) is 4.74 Å². The van der Waals surface area contributed by atoms with Crippen molar-refractivity contribution in [3.05, 3.63) is 71.3 Å². The van der Waals surface area contributed by atoms with Crippen molar-refractivity contribution in [3.63, 3.8) is 0 Å². The fraction of sp³-hybridized carbons (Fsp3) is 0.348. The van der Waals surface area contributed by atoms with E-state index in [1.54, 1.807) is 25.3 Å². The first-order valence-corrected chi connectivity index (χ1v) is 10.7. The Morgan fingerprint density at radius 1 is 1.16 bits per heavy atom. The van der Waals surface area contributed by atoms with Crippen LogP contribution in [0.1, 0.15) is 18.5 Å². The first kappa shape index (κ1) is 21.8. The Bertz CT molecular complexity index is 988. The smallest absolute Gasteiger partial charge is 0.338 e. The van der Waals surface area contributed by atoms with Crippen LogP contribution in [0, 0.1) is 5.82 Å². The lowest BCUT2D eigenvalue weighted by atomic mass is 9.95. The molecule has 2 N–H and O–H groups in total. The second-order valence-electron chi connectivity index (χ2n) is 7.65. The molecule has 2 aliphatic heterocycles. The first-order valence-electron chi connectivity index (χ1n) is 10.7. The second kappa shape index (κ2) is 9.78. The van der Waals surface area contributed by atoms with Crippen molar-refractivity contribution >= 4 is 17.8 Å². The quantitative estimate of drug-likeness (QED) is 0.672. The van der Waals surface area contributed by atoms with Gasteiger partial charge in [0.25, 0.3) is 0 Å². The summed E-state index contributed by atoms with van der Waals surface area (Å²) in [4.78, 5) is 34.1. The SMILES string of the molecule is CCOC(=O)C1=C(CN2CCN(c3ccccn3)CC2)NC(=O)NC1c1ccc(F)cc1. The number of ether oxygens (including phenoxy) is 1. The van der Waals surface area contributed by atoms with E-state index in [0.29, 0.717) is 23.4 Å². The Morgan fingerprint density at radius 3 is 2.56 bits per heavy atom. The molecule has 1 aromatic heterocycles. The molecular weight excluding hydrogens is 413 g/mol. The van der Waals surface area contributed by atoms with Crippen LogP contribution >= 0.6 is 0 Å². The third kappa shape index (κ3) is 4.88. The monoisotopic (exact) mass is 439 g/mol. The fourth-order valence-corrected chi connectivity index (χ4v) is 4.00. The van der Waals surface area contributed by atoms with E-state index in [1.807, 2.05) is 18.2 Å². The normalized spacial score (nSPS) is 19.4. The number of pyridine rings is 1. The van der Waals surface area contributed by atoms with Gasteiger partial charge in [0, 0.05) is 44.6 Å². The van der Waals surface area contributed by atoms with Crippen LogP contribution in [-0.2, 0) is 9.53 Å². The van der Waals surface area contributed by atoms with Gasteiger partial charge < -0.3 is 20.3 Å². The number of aromatic nitrogens is 1. The van der Waals surface area contributed by atoms with Crippen molar-refractivity contribution in [2.24, 2.45) is 0 Å². The van der Waals surface area contributed by atoms with Crippen molar-refractivity contribution in [1.82, 2.24) is 20.5 Å². The van der Waals surface area contributed by atoms with Crippen LogP contribution in [0.25, 0.3) is 0 Å². The van der Waals surface area contributed by atoms with E-state index in [-0.39, 0.29) is 12.4 Å². The Hall–Kier alpha value is -3.46. The lowest BCUT2D eigenvalue weighted by Crippen LogP contribution is -2.52. The third-order valence-electron chi connectivity index (χ3n) is 5.58. The maximum absolute atomic E-state index is 13.4. The number of rotatable bonds is 6. The molecule has 168 valence electrons. The Kier molecular flexibility index (Phi) is 6.65. The van der Waals surface area contributed by atoms with E-state index in [2.05, 4.69) is 25.4 Å². The van der Waals surface area contributed by atoms with E-state index in [1.165, 1.54) is 12.1 Å². The molecule has 4 rings (SSSR count). The van der Waals surface area contributed by atoms with E-state index in [0.717, 1.165) is 32.0 Å². The highest BCUT2D eigenvalue weighted by Gasteiger charge is 2.34. The molecule has 1 saturated heterocycles. The van der Waals surface area contributed by atoms with E-state index >= 15 is 0 Å². The molecule has 2 aliphatic rings. The summed E-state index contributed by atoms with van der Waals surface area (Å²) in [6.07, 6.45) is 1.78. The summed E-state index contributed by atoms with van der Waals surface area (Å²) in [7, 11) is 0. The number of amides is 2. The van der Waals surface area contributed by atoms with Crippen LogP contribution in [0.3, 0.4) is 0 Å². The molecule has 0 radical (unpaired) electrons. The minimum absolute atomic E-state index is 0.211. The van der Waals surface area contributed by atoms with E-state index in [9.17, 15) is 14.0 Å². The molecule has 3 heterocycles. The molecular formula is C23H26FN5O3. The van der Waals surface area contributed by atoms with Gasteiger partial charge in [-0.2, -0.15) is 0 Å². The standard InChI is InChI=1S/C23H26FN5O3/c1-2-32-22(30)20-18(26-23(31)27-21(20)16-6-8-17(24)9-7-16)15-28-11-13-29(14-12-28)19-5-3-4-10-25-19/h3-10,21H,2,11-15H2,1H3,(H2,26,27,31). The minimum atomic E-state index is -0.715. The number of halogens is 1. The maximum atomic E-state index is 13.4. The number of nitrogens with zero attached hydrogens (tertiary/aromatic N) is 3. The number of carbonyl (C=O) groups is 2. The molecule has 0 bridgehead atoms. The highest BCUT2D eigenvalue weighted by molar-refractivity contribution is 5.95. The lowest BCUT2D eigenvalue weighted by molar-refractivity contribution is -0.139. The van der Waals surface area contributed by atoms with Gasteiger partial charge in [0.2, 0.25) is 0 Å². The zero-order valence-electron chi connectivity index (χ0n) is 17.9. The molecule has 2 aromatic rings. The van der Waals surface area contributed by atoms with Crippen LogP contribution in [0.5, 0.6) is 0 Å². The minimum Gasteiger partial charge on any atom is -0.463 e. The van der Waals surface area contributed by atoms with Crippen molar-refractivity contribution in [2.75, 3.05) is 44.2 Å². The molecule has 2 amide bonds. The van der Waals surface area contributed by atoms with Gasteiger partial charge in [0.05, 0.1) is 18.2 Å². The molecule has 0 spiro atoms. The highest BCUT2D eigenvalue weighted by Crippen LogP contribution is 2.28. The number of hydrogen-bond acceptors (Lipinski definition) is 6. The average Bonchev–Trinajstić information content (AvgIpc) is 2.80. The Labute approximate surface area is 186 Å². The summed E-state index contributed by atoms with van der Waals surface area (Å²) >= 11 is 0. The molecule has 32 heavy (non-hydrogen) atoms. The van der Waals surface area contributed by atoms with Crippen LogP contribution in [0.2, 0.25) is 0 Å². The fourth-order valence-electron chi connectivity index (χ4n) is 4.00. The van der Waals surface area contributed by atoms with Gasteiger partial charge in [-0.3, -0.25) is 4.90 Å². The van der Waals surface area contributed by atoms with Crippen LogP contribution < -0.4 is 15.5 Å². The Balaban J connectivity index is 1.56. The molecule has 0 aliphatic carbocycles. The molecule has 9 heteroatoms. The number of urea groups is 1. The third-order valence-corrected chi connectivity index (χ3v) is 5.58. The van der Waals surface area contributed by atoms with Gasteiger partial charge in [-0.05, 0) is 36.8 Å². The molecule has 8 nitrogen and oxygen atoms in total. The molecule has 1 unspecified atom stereocenters. The van der Waals surface area contributed by atoms with Crippen LogP contribution in [0.4, 0.5) is 15.0 Å². The summed E-state index contributed by atoms with van der Waals surface area (Å²) in [6.45, 7) is 5.41. The van der Waals surface area contributed by atoms with Gasteiger partial charge in [0.1, 0.15) is 11.6 Å². The van der Waals surface area contributed by atoms with Crippen molar-refractivity contribution in [2.45, 2.75) is 13.0 Å². The van der Waals surface area contributed by atoms with Gasteiger partial charge in [-0.25, -0.2) is 19.0 Å². The number of piperazine rings is 1. The average molecular weight is 439 g/mol. The second-order valence-corrected chi connectivity index (χ2v) is 7.65. The van der Waals surface area contributed by atoms with Crippen LogP contribution in [-0.4, -0.2) is 61.2 Å². The van der Waals surface area contributed by atoms with Crippen molar-refractivity contribution in [1.29, 1.82) is 0 Å². The topological polar surface area (TPSA) is 86.8 Å². The van der Waals surface area contributed by atoms with E-state index < -0.39 is 18.0 Å². The van der Waals surface area contributed by atoms with Crippen molar-refractivity contribution in [3.8, 4) is 0 Å². The summed E-state index contributed by atoms with van der Waals surface area (Å²) in [5.74, 6) is 0.0447. The summed E-state index contributed by atoms with van der Waals surface area (Å²) in [6, 6.07) is 10.5. The lowest BCUT2D eigenvalue weighted by Gasteiger charge is -2.37. The highest BCUT2D eigenvalue weighted by atomic mass is 19.1. The summed E-state index contributed by atoms with van der Waals surface area (Å²) < 4.78 is 18.7. The number of anilines is 1. The summed E-state index contributed by atoms with van der Waals surface area (Å²) in [5.41, 5.74) is 1.46. The largest absolute Gasteiger partial charge is 0.463 e. The van der Waals surface area contributed by atoms with Crippen LogP contribution in [0.15, 0.2) is 59.9 Å². The number of nitrogens with one attached hydrogen (secondary N) is 2. The van der Waals surface area contributed by atoms with Gasteiger partial charge in [0.15, 0.2) is 0 Å². The van der Waals surface area contributed by atoms with Gasteiger partial charge >= 0.3 is 12.0 Å². The van der Waals surface area contributed by atoms with Crippen molar-refractivity contribution < 1.29 is 18.7 Å². The number of carbonyl (C=O) groups excluding carboxylic acids is 2. The first-order chi connectivity index (χ1) is 15.5. The van der Waals surface area contributed by atoms with Gasteiger partial charge in [-0.15, -0.1) is 0 Å². The number of benzene rings is 1. The zero-order valence-corrected chi connectivity index (χ0v) is 17.9. The molecule has 0 saturated carbocycles. The Morgan fingerprint density at radius 2 is 1.91 bits per heavy atom. The van der Waals surface area contributed by atoms with Gasteiger partial charge in [-0.1, -0.05) is 18.2 Å². The number of hydrogen-bond donors (Lipinski definition) is 2. The zero-order chi connectivity index (χ0) is 22.5. The molecule has 1 fully saturated rings. The maximum Gasteiger partial charge on any atom is 0.338 e. The molecule has 1 aromatic carbocycles. The number of esters is 1.